The van der Waals surface area contributed by atoms with Gasteiger partial charge >= 0.3 is 0 Å². The molecule has 0 aliphatic carbocycles. The highest BCUT2D eigenvalue weighted by Gasteiger charge is 2.22. The summed E-state index contributed by atoms with van der Waals surface area (Å²) in [5, 5.41) is 2.24. The van der Waals surface area contributed by atoms with E-state index >= 15 is 0 Å². The van der Waals surface area contributed by atoms with E-state index in [-0.39, 0.29) is 0 Å². The molecule has 0 aliphatic heterocycles. The summed E-state index contributed by atoms with van der Waals surface area (Å²) in [7, 11) is 0. The van der Waals surface area contributed by atoms with Gasteiger partial charge in [-0.05, 0) is 60.9 Å². The van der Waals surface area contributed by atoms with Crippen LogP contribution in [0.3, 0.4) is 0 Å². The monoisotopic (exact) mass is 541 g/mol. The van der Waals surface area contributed by atoms with Crippen LogP contribution in [-0.4, -0.2) is 18.5 Å². The fraction of sp³-hybridized carbons (Fsp3) is 0.0263. The Morgan fingerprint density at radius 3 is 1.86 bits per heavy atom. The highest BCUT2D eigenvalue weighted by Crippen LogP contribution is 2.41. The maximum Gasteiger partial charge on any atom is 0.220 e. The third kappa shape index (κ3) is 3.09. The number of aryl methyl sites for hydroxylation is 1. The molecule has 3 aromatic heterocycles. The number of nitrogens with zero attached hydrogens (tertiary/aromatic N) is 4. The van der Waals surface area contributed by atoms with Gasteiger partial charge in [0.05, 0.1) is 44.5 Å². The fourth-order valence-electron chi connectivity index (χ4n) is 6.66. The number of aromatic nitrogens is 4. The molecule has 0 amide bonds. The van der Waals surface area contributed by atoms with Gasteiger partial charge in [0.15, 0.2) is 0 Å². The van der Waals surface area contributed by atoms with Gasteiger partial charge in [-0.1, -0.05) is 91.0 Å². The number of para-hydroxylation sites is 7. The average molecular weight is 542 g/mol. The van der Waals surface area contributed by atoms with Crippen molar-refractivity contribution >= 4 is 49.7 Å². The van der Waals surface area contributed by atoms with Crippen molar-refractivity contribution in [2.75, 3.05) is 0 Å². The molecule has 9 rings (SSSR count). The van der Waals surface area contributed by atoms with Gasteiger partial charge in [0.1, 0.15) is 0 Å². The molecule has 0 N–H and O–H groups in total. The molecule has 0 bridgehead atoms. The first kappa shape index (κ1) is 20.3. The zero-order valence-electron chi connectivity index (χ0n) is 25.6. The van der Waals surface area contributed by atoms with Gasteiger partial charge in [-0.25, -0.2) is 4.98 Å². The van der Waals surface area contributed by atoms with E-state index < -0.39 is 6.85 Å². The van der Waals surface area contributed by atoms with Crippen molar-refractivity contribution in [2.45, 2.75) is 6.85 Å². The van der Waals surface area contributed by atoms with E-state index in [1.165, 1.54) is 0 Å². The maximum absolute atomic E-state index is 8.69. The second kappa shape index (κ2) is 8.69. The number of hydrogen-bond donors (Lipinski definition) is 0. The quantitative estimate of drug-likeness (QED) is 0.219. The van der Waals surface area contributed by atoms with Crippen LogP contribution in [0.5, 0.6) is 0 Å². The summed E-state index contributed by atoms with van der Waals surface area (Å²) in [6, 6.07) is 46.7. The van der Waals surface area contributed by atoms with Crippen molar-refractivity contribution in [1.82, 2.24) is 18.5 Å². The second-order valence-electron chi connectivity index (χ2n) is 10.6. The molecule has 0 radical (unpaired) electrons. The summed E-state index contributed by atoms with van der Waals surface area (Å²) < 4.78 is 32.6. The Labute approximate surface area is 246 Å². The highest BCUT2D eigenvalue weighted by atomic mass is 15.2. The second-order valence-corrected chi connectivity index (χ2v) is 10.6. The SMILES string of the molecule is [2H]C([2H])([2H])c1cccc(-n2c3ccccc3c3ccccc32)c1-c1ccccc1-n1c2ccccc2n2c3ccccc3nc12. The minimum atomic E-state index is -2.35. The van der Waals surface area contributed by atoms with Crippen LogP contribution >= 0.6 is 0 Å². The molecular formula is C38H26N4. The van der Waals surface area contributed by atoms with E-state index in [0.717, 1.165) is 66.6 Å². The summed E-state index contributed by atoms with van der Waals surface area (Å²) in [6.45, 7) is -2.35. The van der Waals surface area contributed by atoms with Crippen LogP contribution in [0.2, 0.25) is 0 Å². The number of hydrogen-bond acceptors (Lipinski definition) is 1. The zero-order chi connectivity index (χ0) is 30.3. The normalized spacial score (nSPS) is 13.3. The Balaban J connectivity index is 1.44. The average Bonchev–Trinajstić information content (AvgIpc) is 3.71. The predicted molar refractivity (Wildman–Crippen MR) is 174 cm³/mol. The molecule has 9 aromatic rings. The maximum atomic E-state index is 8.69. The lowest BCUT2D eigenvalue weighted by Crippen LogP contribution is -2.03. The number of rotatable bonds is 3. The van der Waals surface area contributed by atoms with Gasteiger partial charge in [0.25, 0.3) is 0 Å². The van der Waals surface area contributed by atoms with E-state index in [2.05, 4.69) is 62.1 Å². The van der Waals surface area contributed by atoms with Crippen molar-refractivity contribution < 1.29 is 4.11 Å². The molecule has 3 heterocycles. The Bertz CT molecular complexity index is 2550. The Morgan fingerprint density at radius 1 is 0.500 bits per heavy atom. The van der Waals surface area contributed by atoms with Gasteiger partial charge in [-0.2, -0.15) is 0 Å². The lowest BCUT2D eigenvalue weighted by Gasteiger charge is -2.19. The Hall–Kier alpha value is -5.61. The molecule has 0 fully saturated rings. The summed E-state index contributed by atoms with van der Waals surface area (Å²) >= 11 is 0. The van der Waals surface area contributed by atoms with E-state index in [1.54, 1.807) is 6.07 Å². The van der Waals surface area contributed by atoms with Crippen molar-refractivity contribution in [2.24, 2.45) is 0 Å². The molecule has 0 spiro atoms. The molecule has 0 aliphatic rings. The number of imidazole rings is 2. The summed E-state index contributed by atoms with van der Waals surface area (Å²) in [4.78, 5) is 5.10. The topological polar surface area (TPSA) is 27.2 Å². The first-order chi connectivity index (χ1) is 22.0. The number of benzene rings is 6. The van der Waals surface area contributed by atoms with E-state index in [0.29, 0.717) is 11.1 Å². The lowest BCUT2D eigenvalue weighted by molar-refractivity contribution is 1.10. The number of fused-ring (bicyclic) bond motifs is 8. The van der Waals surface area contributed by atoms with E-state index in [4.69, 9.17) is 9.10 Å². The Kier molecular flexibility index (Phi) is 4.20. The summed E-state index contributed by atoms with van der Waals surface area (Å²) in [5.41, 5.74) is 9.45. The van der Waals surface area contributed by atoms with Crippen molar-refractivity contribution in [3.63, 3.8) is 0 Å². The minimum Gasteiger partial charge on any atom is -0.309 e. The summed E-state index contributed by atoms with van der Waals surface area (Å²) in [6.07, 6.45) is 0. The third-order valence-electron chi connectivity index (χ3n) is 8.38. The standard InChI is InChI=1S/C38H26N4/c1-25-13-12-24-36(40-30-18-6-2-14-26(30)27-15-3-7-19-31(27)40)37(25)28-16-4-8-20-32(28)41-34-22-10-11-23-35(34)42-33-21-9-5-17-29(33)39-38(41)42/h2-24H,1H3/i1D3. The van der Waals surface area contributed by atoms with Crippen LogP contribution in [0, 0.1) is 6.85 Å². The van der Waals surface area contributed by atoms with Crippen molar-refractivity contribution in [1.29, 1.82) is 0 Å². The molecular weight excluding hydrogens is 512 g/mol. The largest absolute Gasteiger partial charge is 0.309 e. The van der Waals surface area contributed by atoms with Gasteiger partial charge in [0.2, 0.25) is 5.78 Å². The van der Waals surface area contributed by atoms with Gasteiger partial charge in [0, 0.05) is 26.0 Å². The smallest absolute Gasteiger partial charge is 0.220 e. The van der Waals surface area contributed by atoms with Crippen LogP contribution in [0.1, 0.15) is 9.68 Å². The molecule has 0 atom stereocenters. The molecule has 0 saturated heterocycles. The van der Waals surface area contributed by atoms with Crippen LogP contribution in [0.15, 0.2) is 140 Å². The van der Waals surface area contributed by atoms with E-state index in [9.17, 15) is 0 Å². The van der Waals surface area contributed by atoms with E-state index in [1.807, 2.05) is 84.9 Å². The van der Waals surface area contributed by atoms with Crippen molar-refractivity contribution in [3.8, 4) is 22.5 Å². The first-order valence-corrected chi connectivity index (χ1v) is 14.1. The van der Waals surface area contributed by atoms with Gasteiger partial charge in [-0.15, -0.1) is 0 Å². The molecule has 0 saturated carbocycles. The third-order valence-corrected chi connectivity index (χ3v) is 8.38. The van der Waals surface area contributed by atoms with Crippen LogP contribution < -0.4 is 0 Å². The molecule has 42 heavy (non-hydrogen) atoms. The molecule has 6 aromatic carbocycles. The molecule has 4 heteroatoms. The van der Waals surface area contributed by atoms with Crippen LogP contribution in [-0.2, 0) is 0 Å². The molecule has 198 valence electrons. The molecule has 4 nitrogen and oxygen atoms in total. The van der Waals surface area contributed by atoms with Crippen LogP contribution in [0.4, 0.5) is 0 Å². The van der Waals surface area contributed by atoms with Gasteiger partial charge < -0.3 is 4.57 Å². The lowest BCUT2D eigenvalue weighted by atomic mass is 9.96. The summed E-state index contributed by atoms with van der Waals surface area (Å²) in [5.74, 6) is 0.773. The zero-order valence-corrected chi connectivity index (χ0v) is 22.6. The highest BCUT2D eigenvalue weighted by molar-refractivity contribution is 6.10. The van der Waals surface area contributed by atoms with Crippen molar-refractivity contribution in [3.05, 3.63) is 145 Å². The molecule has 0 unspecified atom stereocenters. The van der Waals surface area contributed by atoms with Gasteiger partial charge in [-0.3, -0.25) is 8.97 Å². The Morgan fingerprint density at radius 2 is 1.10 bits per heavy atom. The minimum absolute atomic E-state index is 0.301. The van der Waals surface area contributed by atoms with Crippen LogP contribution in [0.25, 0.3) is 72.2 Å². The first-order valence-electron chi connectivity index (χ1n) is 15.6. The fourth-order valence-corrected chi connectivity index (χ4v) is 6.66. The predicted octanol–water partition coefficient (Wildman–Crippen LogP) is 9.50.